The van der Waals surface area contributed by atoms with E-state index in [1.54, 1.807) is 0 Å². The molecule has 0 saturated carbocycles. The molecule has 1 nitrogen and oxygen atoms in total. The van der Waals surface area contributed by atoms with Gasteiger partial charge in [-0.1, -0.05) is 13.0 Å². The van der Waals surface area contributed by atoms with Crippen molar-refractivity contribution in [1.82, 2.24) is 0 Å². The van der Waals surface area contributed by atoms with Crippen LogP contribution in [0, 0.1) is 26.7 Å². The van der Waals surface area contributed by atoms with Gasteiger partial charge in [0.05, 0.1) is 6.61 Å². The van der Waals surface area contributed by atoms with Crippen molar-refractivity contribution in [2.45, 2.75) is 34.1 Å². The van der Waals surface area contributed by atoms with Gasteiger partial charge in [0, 0.05) is 5.92 Å². The summed E-state index contributed by atoms with van der Waals surface area (Å²) in [7, 11) is 0. The fraction of sp³-hybridized carbons (Fsp3) is 0.571. The molecule has 0 amide bonds. The van der Waals surface area contributed by atoms with Crippen molar-refractivity contribution in [1.29, 1.82) is 0 Å². The van der Waals surface area contributed by atoms with Crippen molar-refractivity contribution in [2.24, 2.45) is 5.92 Å². The Balaban J connectivity index is 2.73. The highest BCUT2D eigenvalue weighted by molar-refractivity contribution is 7.80. The van der Waals surface area contributed by atoms with Crippen molar-refractivity contribution in [3.63, 3.8) is 0 Å². The number of hydrogen-bond donors (Lipinski definition) is 1. The van der Waals surface area contributed by atoms with E-state index in [0.717, 1.165) is 24.5 Å². The number of thiol groups is 1. The molecule has 0 saturated heterocycles. The first-order chi connectivity index (χ1) is 7.58. The van der Waals surface area contributed by atoms with E-state index in [1.165, 1.54) is 16.7 Å². The van der Waals surface area contributed by atoms with E-state index >= 15 is 0 Å². The summed E-state index contributed by atoms with van der Waals surface area (Å²) in [5.41, 5.74) is 3.81. The Morgan fingerprint density at radius 2 is 1.94 bits per heavy atom. The lowest BCUT2D eigenvalue weighted by molar-refractivity contribution is 0.258. The molecule has 0 heterocycles. The van der Waals surface area contributed by atoms with E-state index < -0.39 is 0 Å². The topological polar surface area (TPSA) is 9.23 Å². The molecule has 0 spiro atoms. The van der Waals surface area contributed by atoms with Crippen LogP contribution < -0.4 is 4.74 Å². The summed E-state index contributed by atoms with van der Waals surface area (Å²) in [6.45, 7) is 9.30. The summed E-state index contributed by atoms with van der Waals surface area (Å²) in [5.74, 6) is 2.46. The average Bonchev–Trinajstić information content (AvgIpc) is 2.26. The molecule has 0 aliphatic carbocycles. The Hall–Kier alpha value is -0.630. The summed E-state index contributed by atoms with van der Waals surface area (Å²) in [6, 6.07) is 4.31. The van der Waals surface area contributed by atoms with Gasteiger partial charge in [0.25, 0.3) is 0 Å². The van der Waals surface area contributed by atoms with E-state index in [-0.39, 0.29) is 0 Å². The van der Waals surface area contributed by atoms with Crippen LogP contribution >= 0.6 is 12.6 Å². The zero-order chi connectivity index (χ0) is 12.1. The van der Waals surface area contributed by atoms with Gasteiger partial charge >= 0.3 is 0 Å². The van der Waals surface area contributed by atoms with Gasteiger partial charge in [0.2, 0.25) is 0 Å². The number of aryl methyl sites for hydroxylation is 2. The van der Waals surface area contributed by atoms with Crippen LogP contribution in [-0.2, 0) is 0 Å². The Morgan fingerprint density at radius 1 is 1.25 bits per heavy atom. The van der Waals surface area contributed by atoms with Gasteiger partial charge < -0.3 is 4.74 Å². The minimum absolute atomic E-state index is 0.545. The molecule has 0 aliphatic heterocycles. The van der Waals surface area contributed by atoms with Crippen LogP contribution in [0.1, 0.15) is 30.0 Å². The third-order valence-corrected chi connectivity index (χ3v) is 3.59. The number of hydrogen-bond acceptors (Lipinski definition) is 2. The molecule has 90 valence electrons. The fourth-order valence-corrected chi connectivity index (χ4v) is 2.02. The number of rotatable bonds is 5. The lowest BCUT2D eigenvalue weighted by Crippen LogP contribution is -2.13. The van der Waals surface area contributed by atoms with Crippen LogP contribution in [0.4, 0.5) is 0 Å². The monoisotopic (exact) mass is 238 g/mol. The Kier molecular flexibility index (Phi) is 5.20. The highest BCUT2D eigenvalue weighted by Crippen LogP contribution is 2.24. The van der Waals surface area contributed by atoms with Gasteiger partial charge in [-0.05, 0) is 55.7 Å². The molecule has 1 unspecified atom stereocenters. The SMILES string of the molecule is CCC(CS)COc1cc(C)cc(C)c1C. The molecule has 0 radical (unpaired) electrons. The molecule has 0 aliphatic rings. The van der Waals surface area contributed by atoms with Crippen molar-refractivity contribution in [2.75, 3.05) is 12.4 Å². The molecule has 0 N–H and O–H groups in total. The zero-order valence-electron chi connectivity index (χ0n) is 10.7. The minimum Gasteiger partial charge on any atom is -0.493 e. The molecule has 0 bridgehead atoms. The molecule has 1 aromatic rings. The second kappa shape index (κ2) is 6.19. The maximum atomic E-state index is 5.89. The van der Waals surface area contributed by atoms with Gasteiger partial charge in [0.15, 0.2) is 0 Å². The molecular weight excluding hydrogens is 216 g/mol. The van der Waals surface area contributed by atoms with E-state index in [2.05, 4.69) is 52.5 Å². The van der Waals surface area contributed by atoms with Crippen molar-refractivity contribution in [3.05, 3.63) is 28.8 Å². The van der Waals surface area contributed by atoms with Crippen LogP contribution in [-0.4, -0.2) is 12.4 Å². The zero-order valence-corrected chi connectivity index (χ0v) is 11.6. The van der Waals surface area contributed by atoms with Crippen molar-refractivity contribution < 1.29 is 4.74 Å². The van der Waals surface area contributed by atoms with Crippen LogP contribution in [0.3, 0.4) is 0 Å². The highest BCUT2D eigenvalue weighted by Gasteiger charge is 2.08. The minimum atomic E-state index is 0.545. The predicted octanol–water partition coefficient (Wildman–Crippen LogP) is 3.95. The molecule has 2 heteroatoms. The molecule has 16 heavy (non-hydrogen) atoms. The van der Waals surface area contributed by atoms with Crippen LogP contribution in [0.25, 0.3) is 0 Å². The van der Waals surface area contributed by atoms with Gasteiger partial charge in [-0.3, -0.25) is 0 Å². The smallest absolute Gasteiger partial charge is 0.122 e. The summed E-state index contributed by atoms with van der Waals surface area (Å²) in [6.07, 6.45) is 1.12. The van der Waals surface area contributed by atoms with Gasteiger partial charge in [-0.2, -0.15) is 12.6 Å². The summed E-state index contributed by atoms with van der Waals surface area (Å²) < 4.78 is 5.89. The molecule has 0 aromatic heterocycles. The van der Waals surface area contributed by atoms with E-state index in [0.29, 0.717) is 5.92 Å². The Labute approximate surface area is 105 Å². The molecule has 1 atom stereocenters. The molecule has 1 rings (SSSR count). The third kappa shape index (κ3) is 3.44. The fourth-order valence-electron chi connectivity index (χ4n) is 1.66. The van der Waals surface area contributed by atoms with Gasteiger partial charge in [-0.15, -0.1) is 0 Å². The average molecular weight is 238 g/mol. The van der Waals surface area contributed by atoms with Crippen molar-refractivity contribution in [3.8, 4) is 5.75 Å². The summed E-state index contributed by atoms with van der Waals surface area (Å²) in [4.78, 5) is 0. The molecular formula is C14H22OS. The summed E-state index contributed by atoms with van der Waals surface area (Å²) >= 11 is 4.33. The van der Waals surface area contributed by atoms with Crippen LogP contribution in [0.2, 0.25) is 0 Å². The number of ether oxygens (including phenoxy) is 1. The normalized spacial score (nSPS) is 12.6. The highest BCUT2D eigenvalue weighted by atomic mass is 32.1. The first-order valence-electron chi connectivity index (χ1n) is 5.90. The first-order valence-corrected chi connectivity index (χ1v) is 6.53. The molecule has 1 aromatic carbocycles. The predicted molar refractivity (Wildman–Crippen MR) is 73.8 cm³/mol. The Bertz CT molecular complexity index is 343. The quantitative estimate of drug-likeness (QED) is 0.764. The lowest BCUT2D eigenvalue weighted by atomic mass is 10.1. The number of benzene rings is 1. The Morgan fingerprint density at radius 3 is 2.50 bits per heavy atom. The summed E-state index contributed by atoms with van der Waals surface area (Å²) in [5, 5.41) is 0. The van der Waals surface area contributed by atoms with Crippen molar-refractivity contribution >= 4 is 12.6 Å². The maximum absolute atomic E-state index is 5.89. The second-order valence-corrected chi connectivity index (χ2v) is 4.84. The van der Waals surface area contributed by atoms with E-state index in [4.69, 9.17) is 4.74 Å². The third-order valence-electron chi connectivity index (χ3n) is 3.07. The maximum Gasteiger partial charge on any atom is 0.122 e. The standard InChI is InChI=1S/C14H22OS/c1-5-13(9-16)8-15-14-7-10(2)6-11(3)12(14)4/h6-7,13,16H,5,8-9H2,1-4H3. The van der Waals surface area contributed by atoms with Crippen LogP contribution in [0.5, 0.6) is 5.75 Å². The largest absolute Gasteiger partial charge is 0.493 e. The van der Waals surface area contributed by atoms with E-state index in [9.17, 15) is 0 Å². The van der Waals surface area contributed by atoms with Gasteiger partial charge in [-0.25, -0.2) is 0 Å². The van der Waals surface area contributed by atoms with Gasteiger partial charge in [0.1, 0.15) is 5.75 Å². The van der Waals surface area contributed by atoms with E-state index in [1.807, 2.05) is 0 Å². The second-order valence-electron chi connectivity index (χ2n) is 4.47. The molecule has 0 fully saturated rings. The van der Waals surface area contributed by atoms with Crippen LogP contribution in [0.15, 0.2) is 12.1 Å². The lowest BCUT2D eigenvalue weighted by Gasteiger charge is -2.16. The first kappa shape index (κ1) is 13.4.